The van der Waals surface area contributed by atoms with Crippen LogP contribution >= 0.6 is 0 Å². The molecule has 26 heavy (non-hydrogen) atoms. The first kappa shape index (κ1) is 17.7. The van der Waals surface area contributed by atoms with E-state index in [-0.39, 0.29) is 23.8 Å². The molecule has 2 aromatic rings. The van der Waals surface area contributed by atoms with E-state index < -0.39 is 0 Å². The maximum atomic E-state index is 12.5. The molecule has 3 rings (SSSR count). The summed E-state index contributed by atoms with van der Waals surface area (Å²) in [5.74, 6) is 1.17. The summed E-state index contributed by atoms with van der Waals surface area (Å²) in [6.45, 7) is 6.28. The number of fused-ring (bicyclic) bond motifs is 1. The molecule has 0 fully saturated rings. The largest absolute Gasteiger partial charge is 0.369 e. The molecule has 1 aromatic carbocycles. The van der Waals surface area contributed by atoms with Gasteiger partial charge in [0.05, 0.1) is 0 Å². The molecule has 1 aliphatic heterocycles. The van der Waals surface area contributed by atoms with E-state index in [0.717, 1.165) is 30.2 Å². The summed E-state index contributed by atoms with van der Waals surface area (Å²) in [6, 6.07) is 6.91. The molecule has 8 nitrogen and oxygen atoms in total. The zero-order valence-electron chi connectivity index (χ0n) is 15.0. The third-order valence-electron chi connectivity index (χ3n) is 3.77. The number of hydrogen-bond donors (Lipinski definition) is 4. The van der Waals surface area contributed by atoms with Crippen molar-refractivity contribution in [2.45, 2.75) is 33.2 Å². The van der Waals surface area contributed by atoms with Gasteiger partial charge in [-0.2, -0.15) is 9.97 Å². The van der Waals surface area contributed by atoms with Crippen LogP contribution in [0.3, 0.4) is 0 Å². The van der Waals surface area contributed by atoms with Gasteiger partial charge in [0.25, 0.3) is 5.91 Å². The van der Waals surface area contributed by atoms with E-state index in [1.54, 1.807) is 24.3 Å². The normalized spacial score (nSPS) is 12.3. The molecule has 136 valence electrons. The number of nitrogens with zero attached hydrogens (tertiary/aromatic N) is 2. The van der Waals surface area contributed by atoms with Gasteiger partial charge in [-0.3, -0.25) is 14.9 Å². The average molecular weight is 354 g/mol. The number of carbonyl (C=O) groups is 2. The van der Waals surface area contributed by atoms with Crippen molar-refractivity contribution in [3.05, 3.63) is 35.4 Å². The highest BCUT2D eigenvalue weighted by Gasteiger charge is 2.20. The summed E-state index contributed by atoms with van der Waals surface area (Å²) >= 11 is 0. The van der Waals surface area contributed by atoms with Crippen LogP contribution < -0.4 is 21.3 Å². The quantitative estimate of drug-likeness (QED) is 0.657. The minimum atomic E-state index is -0.342. The van der Waals surface area contributed by atoms with Crippen LogP contribution in [0.1, 0.15) is 36.7 Å². The fraction of sp³-hybridized carbons (Fsp3) is 0.333. The summed E-state index contributed by atoms with van der Waals surface area (Å²) in [5, 5.41) is 11.9. The van der Waals surface area contributed by atoms with Crippen LogP contribution in [0, 0.1) is 0 Å². The van der Waals surface area contributed by atoms with Gasteiger partial charge in [0.15, 0.2) is 0 Å². The van der Waals surface area contributed by atoms with Crippen molar-refractivity contribution in [1.82, 2.24) is 9.97 Å². The number of hydrogen-bond acceptors (Lipinski definition) is 6. The Morgan fingerprint density at radius 3 is 2.73 bits per heavy atom. The van der Waals surface area contributed by atoms with Gasteiger partial charge in [0.2, 0.25) is 11.9 Å². The number of anilines is 4. The summed E-state index contributed by atoms with van der Waals surface area (Å²) in [6.07, 6.45) is 0.845. The van der Waals surface area contributed by atoms with Crippen molar-refractivity contribution in [3.63, 3.8) is 0 Å². The van der Waals surface area contributed by atoms with Crippen molar-refractivity contribution in [1.29, 1.82) is 0 Å². The minimum Gasteiger partial charge on any atom is -0.369 e. The summed E-state index contributed by atoms with van der Waals surface area (Å²) < 4.78 is 0. The third-order valence-corrected chi connectivity index (χ3v) is 3.77. The minimum absolute atomic E-state index is 0.194. The molecule has 2 amide bonds. The van der Waals surface area contributed by atoms with Crippen LogP contribution in [0.5, 0.6) is 0 Å². The third kappa shape index (κ3) is 4.08. The topological polar surface area (TPSA) is 108 Å². The Kier molecular flexibility index (Phi) is 5.01. The zero-order chi connectivity index (χ0) is 18.7. The average Bonchev–Trinajstić information content (AvgIpc) is 3.02. The van der Waals surface area contributed by atoms with Gasteiger partial charge >= 0.3 is 0 Å². The van der Waals surface area contributed by atoms with Gasteiger partial charge in [-0.05, 0) is 38.5 Å². The highest BCUT2D eigenvalue weighted by atomic mass is 16.2. The fourth-order valence-corrected chi connectivity index (χ4v) is 2.74. The molecule has 1 aromatic heterocycles. The second-order valence-corrected chi connectivity index (χ2v) is 6.41. The Morgan fingerprint density at radius 2 is 2.00 bits per heavy atom. The number of benzene rings is 1. The highest BCUT2D eigenvalue weighted by molar-refractivity contribution is 6.04. The molecule has 0 unspecified atom stereocenters. The lowest BCUT2D eigenvalue weighted by molar-refractivity contribution is -0.114. The number of amides is 2. The molecule has 0 saturated carbocycles. The number of nitrogens with one attached hydrogen (secondary N) is 4. The van der Waals surface area contributed by atoms with Gasteiger partial charge in [0, 0.05) is 36.3 Å². The Bertz CT molecular complexity index is 850. The van der Waals surface area contributed by atoms with E-state index in [0.29, 0.717) is 11.3 Å². The molecule has 0 bridgehead atoms. The SMILES string of the molecule is CC(=O)Nc1cccc(C(=O)Nc2nc3c(c(NC(C)C)n2)CCN3)c1. The lowest BCUT2D eigenvalue weighted by atomic mass is 10.2. The summed E-state index contributed by atoms with van der Waals surface area (Å²) in [7, 11) is 0. The molecular weight excluding hydrogens is 332 g/mol. The maximum Gasteiger partial charge on any atom is 0.258 e. The monoisotopic (exact) mass is 354 g/mol. The van der Waals surface area contributed by atoms with E-state index in [1.165, 1.54) is 6.92 Å². The molecule has 4 N–H and O–H groups in total. The van der Waals surface area contributed by atoms with Gasteiger partial charge in [-0.25, -0.2) is 0 Å². The fourth-order valence-electron chi connectivity index (χ4n) is 2.74. The van der Waals surface area contributed by atoms with Crippen LogP contribution in [-0.2, 0) is 11.2 Å². The second-order valence-electron chi connectivity index (χ2n) is 6.41. The molecule has 0 aliphatic carbocycles. The molecule has 2 heterocycles. The lowest BCUT2D eigenvalue weighted by Crippen LogP contribution is -2.18. The molecule has 0 atom stereocenters. The highest BCUT2D eigenvalue weighted by Crippen LogP contribution is 2.28. The first-order valence-electron chi connectivity index (χ1n) is 8.52. The molecule has 0 spiro atoms. The van der Waals surface area contributed by atoms with Crippen molar-refractivity contribution in [2.24, 2.45) is 0 Å². The molecule has 8 heteroatoms. The Balaban J connectivity index is 1.82. The Labute approximate surface area is 151 Å². The van der Waals surface area contributed by atoms with Gasteiger partial charge in [-0.15, -0.1) is 0 Å². The van der Waals surface area contributed by atoms with Crippen LogP contribution in [0.2, 0.25) is 0 Å². The summed E-state index contributed by atoms with van der Waals surface area (Å²) in [5.41, 5.74) is 2.00. The predicted octanol–water partition coefficient (Wildman–Crippen LogP) is 2.48. The predicted molar refractivity (Wildman–Crippen MR) is 102 cm³/mol. The lowest BCUT2D eigenvalue weighted by Gasteiger charge is -2.14. The van der Waals surface area contributed by atoms with Crippen LogP contribution in [0.4, 0.5) is 23.3 Å². The molecule has 0 saturated heterocycles. The van der Waals surface area contributed by atoms with Crippen LogP contribution in [0.25, 0.3) is 0 Å². The van der Waals surface area contributed by atoms with Crippen molar-refractivity contribution in [2.75, 3.05) is 27.8 Å². The van der Waals surface area contributed by atoms with E-state index in [1.807, 2.05) is 13.8 Å². The number of rotatable bonds is 5. The van der Waals surface area contributed by atoms with Crippen molar-refractivity contribution in [3.8, 4) is 0 Å². The summed E-state index contributed by atoms with van der Waals surface area (Å²) in [4.78, 5) is 32.6. The van der Waals surface area contributed by atoms with E-state index >= 15 is 0 Å². The van der Waals surface area contributed by atoms with E-state index in [4.69, 9.17) is 0 Å². The number of aromatic nitrogens is 2. The zero-order valence-corrected chi connectivity index (χ0v) is 15.0. The second kappa shape index (κ2) is 7.38. The van der Waals surface area contributed by atoms with E-state index in [9.17, 15) is 9.59 Å². The Hall–Kier alpha value is -3.16. The smallest absolute Gasteiger partial charge is 0.258 e. The van der Waals surface area contributed by atoms with Crippen LogP contribution in [-0.4, -0.2) is 34.4 Å². The molecule has 1 aliphatic rings. The van der Waals surface area contributed by atoms with Gasteiger partial charge in [-0.1, -0.05) is 6.07 Å². The maximum absolute atomic E-state index is 12.5. The molecule has 0 radical (unpaired) electrons. The van der Waals surface area contributed by atoms with Gasteiger partial charge in [0.1, 0.15) is 11.6 Å². The number of carbonyl (C=O) groups excluding carboxylic acids is 2. The van der Waals surface area contributed by atoms with Crippen molar-refractivity contribution < 1.29 is 9.59 Å². The molecular formula is C18H22N6O2. The van der Waals surface area contributed by atoms with Gasteiger partial charge < -0.3 is 16.0 Å². The Morgan fingerprint density at radius 1 is 1.19 bits per heavy atom. The van der Waals surface area contributed by atoms with Crippen LogP contribution in [0.15, 0.2) is 24.3 Å². The first-order chi connectivity index (χ1) is 12.4. The van der Waals surface area contributed by atoms with Crippen molar-refractivity contribution >= 4 is 35.1 Å². The first-order valence-corrected chi connectivity index (χ1v) is 8.52. The van der Waals surface area contributed by atoms with E-state index in [2.05, 4.69) is 31.2 Å². The standard InChI is InChI=1S/C18H22N6O2/c1-10(2)20-16-14-7-8-19-15(14)22-18(23-16)24-17(26)12-5-4-6-13(9-12)21-11(3)25/h4-6,9-10H,7-8H2,1-3H3,(H,21,25)(H3,19,20,22,23,24,26).